The van der Waals surface area contributed by atoms with Crippen LogP contribution in [-0.4, -0.2) is 18.1 Å². The molecule has 0 bridgehead atoms. The Kier molecular flexibility index (Phi) is 3.34. The van der Waals surface area contributed by atoms with Gasteiger partial charge in [-0.2, -0.15) is 0 Å². The molecule has 1 unspecified atom stereocenters. The molecular formula is C10H18N2O. The number of carbonyl (C=O) groups excluding carboxylic acids is 1. The van der Waals surface area contributed by atoms with Gasteiger partial charge in [-0.3, -0.25) is 0 Å². The van der Waals surface area contributed by atoms with Crippen molar-refractivity contribution < 1.29 is 4.79 Å². The lowest BCUT2D eigenvalue weighted by molar-refractivity contribution is 0.224. The summed E-state index contributed by atoms with van der Waals surface area (Å²) in [4.78, 5) is 11.3. The second kappa shape index (κ2) is 4.30. The molecule has 0 radical (unpaired) electrons. The first-order chi connectivity index (χ1) is 6.16. The molecule has 74 valence electrons. The molecule has 0 aromatic heterocycles. The highest BCUT2D eigenvalue weighted by molar-refractivity contribution is 5.74. The lowest BCUT2D eigenvalue weighted by Gasteiger charge is -2.31. The van der Waals surface area contributed by atoms with E-state index in [1.807, 2.05) is 6.92 Å². The van der Waals surface area contributed by atoms with Crippen LogP contribution in [0.4, 0.5) is 4.79 Å². The van der Waals surface area contributed by atoms with Crippen LogP contribution in [-0.2, 0) is 0 Å². The molecule has 1 rings (SSSR count). The van der Waals surface area contributed by atoms with Gasteiger partial charge in [0.15, 0.2) is 0 Å². The third-order valence-corrected chi connectivity index (χ3v) is 2.35. The van der Waals surface area contributed by atoms with Gasteiger partial charge >= 0.3 is 6.03 Å². The maximum absolute atomic E-state index is 11.3. The molecule has 1 aliphatic rings. The monoisotopic (exact) mass is 182 g/mol. The van der Waals surface area contributed by atoms with Gasteiger partial charge in [0, 0.05) is 12.1 Å². The summed E-state index contributed by atoms with van der Waals surface area (Å²) in [5.41, 5.74) is -0.0476. The van der Waals surface area contributed by atoms with Gasteiger partial charge in [0.25, 0.3) is 0 Å². The van der Waals surface area contributed by atoms with Crippen molar-refractivity contribution in [2.24, 2.45) is 0 Å². The maximum Gasteiger partial charge on any atom is 0.315 e. The van der Waals surface area contributed by atoms with Crippen LogP contribution in [0.25, 0.3) is 0 Å². The van der Waals surface area contributed by atoms with Crippen LogP contribution in [0.15, 0.2) is 12.2 Å². The van der Waals surface area contributed by atoms with Crippen LogP contribution in [0.1, 0.15) is 33.1 Å². The zero-order valence-electron chi connectivity index (χ0n) is 8.39. The molecule has 0 saturated carbocycles. The summed E-state index contributed by atoms with van der Waals surface area (Å²) in [7, 11) is 0. The van der Waals surface area contributed by atoms with E-state index in [0.29, 0.717) is 6.54 Å². The summed E-state index contributed by atoms with van der Waals surface area (Å²) < 4.78 is 0. The van der Waals surface area contributed by atoms with Crippen molar-refractivity contribution in [2.75, 3.05) is 6.54 Å². The Bertz CT molecular complexity index is 213. The summed E-state index contributed by atoms with van der Waals surface area (Å²) in [5, 5.41) is 5.74. The molecule has 3 nitrogen and oxygen atoms in total. The molecule has 2 amide bonds. The van der Waals surface area contributed by atoms with Gasteiger partial charge in [-0.25, -0.2) is 4.79 Å². The molecule has 0 aliphatic heterocycles. The van der Waals surface area contributed by atoms with E-state index in [9.17, 15) is 4.79 Å². The summed E-state index contributed by atoms with van der Waals surface area (Å²) in [6.45, 7) is 4.69. The van der Waals surface area contributed by atoms with E-state index in [2.05, 4.69) is 29.7 Å². The molecule has 2 N–H and O–H groups in total. The topological polar surface area (TPSA) is 41.1 Å². The standard InChI is InChI=1S/C10H18N2O/c1-3-11-9(13)12-10(2)7-5-4-6-8-10/h4-5H,3,6-8H2,1-2H3,(H2,11,12,13). The van der Waals surface area contributed by atoms with Crippen molar-refractivity contribution in [3.05, 3.63) is 12.2 Å². The quantitative estimate of drug-likeness (QED) is 0.628. The zero-order valence-corrected chi connectivity index (χ0v) is 8.39. The molecule has 0 spiro atoms. The fourth-order valence-electron chi connectivity index (χ4n) is 1.56. The smallest absolute Gasteiger partial charge is 0.315 e. The fraction of sp³-hybridized carbons (Fsp3) is 0.700. The second-order valence-corrected chi connectivity index (χ2v) is 3.76. The number of nitrogens with one attached hydrogen (secondary N) is 2. The van der Waals surface area contributed by atoms with Crippen molar-refractivity contribution >= 4 is 6.03 Å². The predicted molar refractivity (Wildman–Crippen MR) is 53.6 cm³/mol. The highest BCUT2D eigenvalue weighted by Crippen LogP contribution is 2.22. The largest absolute Gasteiger partial charge is 0.338 e. The molecule has 0 saturated heterocycles. The molecule has 13 heavy (non-hydrogen) atoms. The van der Waals surface area contributed by atoms with E-state index in [0.717, 1.165) is 19.3 Å². The number of urea groups is 1. The van der Waals surface area contributed by atoms with Gasteiger partial charge in [0.05, 0.1) is 0 Å². The van der Waals surface area contributed by atoms with E-state index in [1.165, 1.54) is 0 Å². The van der Waals surface area contributed by atoms with E-state index in [-0.39, 0.29) is 11.6 Å². The molecule has 0 aromatic rings. The molecule has 3 heteroatoms. The number of hydrogen-bond donors (Lipinski definition) is 2. The highest BCUT2D eigenvalue weighted by atomic mass is 16.2. The Hall–Kier alpha value is -0.990. The fourth-order valence-corrected chi connectivity index (χ4v) is 1.56. The Balaban J connectivity index is 2.41. The summed E-state index contributed by atoms with van der Waals surface area (Å²) in [6.07, 6.45) is 7.32. The van der Waals surface area contributed by atoms with Crippen molar-refractivity contribution in [1.29, 1.82) is 0 Å². The lowest BCUT2D eigenvalue weighted by atomic mass is 9.88. The molecular weight excluding hydrogens is 164 g/mol. The van der Waals surface area contributed by atoms with Crippen LogP contribution in [0.5, 0.6) is 0 Å². The van der Waals surface area contributed by atoms with Gasteiger partial charge in [0.2, 0.25) is 0 Å². The third-order valence-electron chi connectivity index (χ3n) is 2.35. The van der Waals surface area contributed by atoms with Gasteiger partial charge in [-0.05, 0) is 33.1 Å². The molecule has 0 heterocycles. The Morgan fingerprint density at radius 1 is 1.54 bits per heavy atom. The molecule has 1 atom stereocenters. The molecule has 0 aromatic carbocycles. The summed E-state index contributed by atoms with van der Waals surface area (Å²) in [6, 6.07) is -0.0553. The first-order valence-electron chi connectivity index (χ1n) is 4.87. The summed E-state index contributed by atoms with van der Waals surface area (Å²) in [5.74, 6) is 0. The number of amides is 2. The first-order valence-corrected chi connectivity index (χ1v) is 4.87. The van der Waals surface area contributed by atoms with Crippen molar-refractivity contribution in [3.63, 3.8) is 0 Å². The van der Waals surface area contributed by atoms with Crippen molar-refractivity contribution in [1.82, 2.24) is 10.6 Å². The number of allylic oxidation sites excluding steroid dienone is 1. The normalized spacial score (nSPS) is 26.9. The van der Waals surface area contributed by atoms with Gasteiger partial charge < -0.3 is 10.6 Å². The van der Waals surface area contributed by atoms with Gasteiger partial charge in [-0.1, -0.05) is 12.2 Å². The molecule has 1 aliphatic carbocycles. The Labute approximate surface area is 79.6 Å². The highest BCUT2D eigenvalue weighted by Gasteiger charge is 2.25. The van der Waals surface area contributed by atoms with E-state index >= 15 is 0 Å². The van der Waals surface area contributed by atoms with Crippen LogP contribution in [0, 0.1) is 0 Å². The van der Waals surface area contributed by atoms with Crippen molar-refractivity contribution in [3.8, 4) is 0 Å². The van der Waals surface area contributed by atoms with Crippen LogP contribution >= 0.6 is 0 Å². The first kappa shape index (κ1) is 10.1. The lowest BCUT2D eigenvalue weighted by Crippen LogP contribution is -2.50. The zero-order chi connectivity index (χ0) is 9.73. The minimum atomic E-state index is -0.0553. The van der Waals surface area contributed by atoms with E-state index in [1.54, 1.807) is 0 Å². The van der Waals surface area contributed by atoms with Gasteiger partial charge in [0.1, 0.15) is 0 Å². The summed E-state index contributed by atoms with van der Waals surface area (Å²) >= 11 is 0. The third kappa shape index (κ3) is 3.09. The average molecular weight is 182 g/mol. The number of hydrogen-bond acceptors (Lipinski definition) is 1. The second-order valence-electron chi connectivity index (χ2n) is 3.76. The number of rotatable bonds is 2. The predicted octanol–water partition coefficient (Wildman–Crippen LogP) is 1.80. The van der Waals surface area contributed by atoms with Crippen molar-refractivity contribution in [2.45, 2.75) is 38.6 Å². The average Bonchev–Trinajstić information content (AvgIpc) is 2.04. The maximum atomic E-state index is 11.3. The van der Waals surface area contributed by atoms with E-state index in [4.69, 9.17) is 0 Å². The van der Waals surface area contributed by atoms with Gasteiger partial charge in [-0.15, -0.1) is 0 Å². The number of carbonyl (C=O) groups is 1. The Morgan fingerprint density at radius 2 is 2.31 bits per heavy atom. The Morgan fingerprint density at radius 3 is 2.85 bits per heavy atom. The van der Waals surface area contributed by atoms with E-state index < -0.39 is 0 Å². The van der Waals surface area contributed by atoms with Crippen LogP contribution in [0.3, 0.4) is 0 Å². The minimum absolute atomic E-state index is 0.0476. The minimum Gasteiger partial charge on any atom is -0.338 e. The molecule has 0 fully saturated rings. The van der Waals surface area contributed by atoms with Crippen LogP contribution in [0.2, 0.25) is 0 Å². The SMILES string of the molecule is CCNC(=O)NC1(C)CC=CCC1. The van der Waals surface area contributed by atoms with Crippen LogP contribution < -0.4 is 10.6 Å².